The molecule has 18 heavy (non-hydrogen) atoms. The highest BCUT2D eigenvalue weighted by molar-refractivity contribution is 5.68. The third-order valence-corrected chi connectivity index (χ3v) is 3.03. The van der Waals surface area contributed by atoms with E-state index in [0.717, 1.165) is 17.0 Å². The maximum atomic E-state index is 11.0. The van der Waals surface area contributed by atoms with E-state index in [0.29, 0.717) is 0 Å². The van der Waals surface area contributed by atoms with E-state index < -0.39 is 5.97 Å². The first-order valence-corrected chi connectivity index (χ1v) is 5.83. The predicted molar refractivity (Wildman–Crippen MR) is 68.5 cm³/mol. The van der Waals surface area contributed by atoms with Crippen LogP contribution in [-0.2, 0) is 11.8 Å². The maximum absolute atomic E-state index is 11.0. The summed E-state index contributed by atoms with van der Waals surface area (Å²) >= 11 is 0. The normalized spacial score (nSPS) is 12.3. The number of aliphatic carboxylic acids is 1. The van der Waals surface area contributed by atoms with E-state index in [2.05, 4.69) is 4.98 Å². The number of aryl methyl sites for hydroxylation is 2. The molecule has 94 valence electrons. The molecule has 0 spiro atoms. The minimum absolute atomic E-state index is 0.0495. The zero-order valence-corrected chi connectivity index (χ0v) is 10.5. The molecule has 1 aromatic heterocycles. The summed E-state index contributed by atoms with van der Waals surface area (Å²) in [4.78, 5) is 15.3. The standard InChI is InChI=1S/C14H16N2O2/c1-10-3-5-11(6-4-10)12(9-13(17)18)14-15-7-8-16(14)2/h3-8,12H,9H2,1-2H3,(H,17,18). The van der Waals surface area contributed by atoms with Gasteiger partial charge in [-0.05, 0) is 12.5 Å². The summed E-state index contributed by atoms with van der Waals surface area (Å²) < 4.78 is 1.87. The second-order valence-corrected chi connectivity index (χ2v) is 4.46. The Kier molecular flexibility index (Phi) is 3.46. The summed E-state index contributed by atoms with van der Waals surface area (Å²) in [6.07, 6.45) is 3.57. The van der Waals surface area contributed by atoms with Gasteiger partial charge in [-0.2, -0.15) is 0 Å². The molecule has 0 aliphatic carbocycles. The van der Waals surface area contributed by atoms with E-state index in [1.807, 2.05) is 49.0 Å². The van der Waals surface area contributed by atoms with Crippen LogP contribution in [0.1, 0.15) is 29.3 Å². The highest BCUT2D eigenvalue weighted by atomic mass is 16.4. The number of imidazole rings is 1. The quantitative estimate of drug-likeness (QED) is 0.898. The zero-order valence-electron chi connectivity index (χ0n) is 10.5. The molecular formula is C14H16N2O2. The van der Waals surface area contributed by atoms with E-state index >= 15 is 0 Å². The number of carboxylic acids is 1. The van der Waals surface area contributed by atoms with Crippen molar-refractivity contribution < 1.29 is 9.90 Å². The van der Waals surface area contributed by atoms with E-state index in [-0.39, 0.29) is 12.3 Å². The third kappa shape index (κ3) is 2.59. The Morgan fingerprint density at radius 1 is 1.39 bits per heavy atom. The first-order valence-electron chi connectivity index (χ1n) is 5.83. The fourth-order valence-electron chi connectivity index (χ4n) is 2.04. The predicted octanol–water partition coefficient (Wildman–Crippen LogP) is 2.34. The fourth-order valence-corrected chi connectivity index (χ4v) is 2.04. The molecule has 0 fully saturated rings. The highest BCUT2D eigenvalue weighted by Gasteiger charge is 2.21. The van der Waals surface area contributed by atoms with Crippen LogP contribution in [0.3, 0.4) is 0 Å². The van der Waals surface area contributed by atoms with Crippen LogP contribution in [-0.4, -0.2) is 20.6 Å². The Balaban J connectivity index is 2.39. The smallest absolute Gasteiger partial charge is 0.304 e. The number of benzene rings is 1. The van der Waals surface area contributed by atoms with Gasteiger partial charge in [-0.3, -0.25) is 4.79 Å². The van der Waals surface area contributed by atoms with Gasteiger partial charge in [0.1, 0.15) is 5.82 Å². The summed E-state index contributed by atoms with van der Waals surface area (Å²) in [6, 6.07) is 7.93. The SMILES string of the molecule is Cc1ccc(C(CC(=O)O)c2nccn2C)cc1. The van der Waals surface area contributed by atoms with E-state index in [9.17, 15) is 4.79 Å². The maximum Gasteiger partial charge on any atom is 0.304 e. The van der Waals surface area contributed by atoms with Gasteiger partial charge in [-0.15, -0.1) is 0 Å². The Labute approximate surface area is 106 Å². The summed E-state index contributed by atoms with van der Waals surface area (Å²) in [5, 5.41) is 9.05. The lowest BCUT2D eigenvalue weighted by Gasteiger charge is -2.15. The molecule has 2 rings (SSSR count). The number of aromatic nitrogens is 2. The minimum Gasteiger partial charge on any atom is -0.481 e. The van der Waals surface area contributed by atoms with Crippen LogP contribution in [0.25, 0.3) is 0 Å². The van der Waals surface area contributed by atoms with Gasteiger partial charge in [0.05, 0.1) is 12.3 Å². The van der Waals surface area contributed by atoms with Gasteiger partial charge in [-0.25, -0.2) is 4.98 Å². The summed E-state index contributed by atoms with van der Waals surface area (Å²) in [5.74, 6) is -0.243. The Bertz CT molecular complexity index is 543. The molecule has 0 amide bonds. The molecule has 1 heterocycles. The van der Waals surface area contributed by atoms with Crippen molar-refractivity contribution in [2.75, 3.05) is 0 Å². The molecular weight excluding hydrogens is 228 g/mol. The van der Waals surface area contributed by atoms with Crippen molar-refractivity contribution in [1.29, 1.82) is 0 Å². The largest absolute Gasteiger partial charge is 0.481 e. The first-order chi connectivity index (χ1) is 8.58. The molecule has 2 aromatic rings. The third-order valence-electron chi connectivity index (χ3n) is 3.03. The van der Waals surface area contributed by atoms with Gasteiger partial charge in [0.25, 0.3) is 0 Å². The van der Waals surface area contributed by atoms with Gasteiger partial charge in [-0.1, -0.05) is 29.8 Å². The van der Waals surface area contributed by atoms with Gasteiger partial charge in [0.2, 0.25) is 0 Å². The number of nitrogens with zero attached hydrogens (tertiary/aromatic N) is 2. The summed E-state index contributed by atoms with van der Waals surface area (Å²) in [7, 11) is 1.88. The summed E-state index contributed by atoms with van der Waals surface area (Å²) in [6.45, 7) is 2.01. The fraction of sp³-hybridized carbons (Fsp3) is 0.286. The van der Waals surface area contributed by atoms with Gasteiger partial charge < -0.3 is 9.67 Å². The number of hydrogen-bond acceptors (Lipinski definition) is 2. The Morgan fingerprint density at radius 3 is 2.56 bits per heavy atom. The molecule has 0 aliphatic rings. The topological polar surface area (TPSA) is 55.1 Å². The molecule has 1 atom stereocenters. The lowest BCUT2D eigenvalue weighted by Crippen LogP contribution is -2.12. The van der Waals surface area contributed by atoms with Crippen LogP contribution in [0.4, 0.5) is 0 Å². The molecule has 4 nitrogen and oxygen atoms in total. The van der Waals surface area contributed by atoms with Crippen molar-refractivity contribution >= 4 is 5.97 Å². The molecule has 1 unspecified atom stereocenters. The monoisotopic (exact) mass is 244 g/mol. The van der Waals surface area contributed by atoms with Crippen LogP contribution in [0, 0.1) is 6.92 Å². The van der Waals surface area contributed by atoms with Crippen LogP contribution >= 0.6 is 0 Å². The molecule has 0 saturated heterocycles. The van der Waals surface area contributed by atoms with Gasteiger partial charge in [0.15, 0.2) is 0 Å². The molecule has 0 aliphatic heterocycles. The van der Waals surface area contributed by atoms with Gasteiger partial charge >= 0.3 is 5.97 Å². The van der Waals surface area contributed by atoms with Crippen molar-refractivity contribution in [3.05, 3.63) is 53.6 Å². The van der Waals surface area contributed by atoms with Crippen LogP contribution in [0.5, 0.6) is 0 Å². The minimum atomic E-state index is -0.816. The Hall–Kier alpha value is -2.10. The molecule has 1 N–H and O–H groups in total. The second-order valence-electron chi connectivity index (χ2n) is 4.46. The molecule has 1 aromatic carbocycles. The number of carbonyl (C=O) groups is 1. The number of carboxylic acid groups (broad SMARTS) is 1. The Morgan fingerprint density at radius 2 is 2.06 bits per heavy atom. The van der Waals surface area contributed by atoms with Crippen LogP contribution < -0.4 is 0 Å². The number of rotatable bonds is 4. The molecule has 0 saturated carbocycles. The van der Waals surface area contributed by atoms with Crippen molar-refractivity contribution in [1.82, 2.24) is 9.55 Å². The molecule has 0 radical (unpaired) electrons. The zero-order chi connectivity index (χ0) is 13.1. The van der Waals surface area contributed by atoms with Crippen molar-refractivity contribution in [2.24, 2.45) is 7.05 Å². The van der Waals surface area contributed by atoms with Crippen molar-refractivity contribution in [2.45, 2.75) is 19.3 Å². The molecule has 0 bridgehead atoms. The highest BCUT2D eigenvalue weighted by Crippen LogP contribution is 2.26. The van der Waals surface area contributed by atoms with E-state index in [4.69, 9.17) is 5.11 Å². The number of hydrogen-bond donors (Lipinski definition) is 1. The van der Waals surface area contributed by atoms with Crippen LogP contribution in [0.15, 0.2) is 36.7 Å². The van der Waals surface area contributed by atoms with Crippen LogP contribution in [0.2, 0.25) is 0 Å². The van der Waals surface area contributed by atoms with E-state index in [1.165, 1.54) is 0 Å². The average Bonchev–Trinajstić information content (AvgIpc) is 2.73. The lowest BCUT2D eigenvalue weighted by atomic mass is 9.94. The molecule has 4 heteroatoms. The van der Waals surface area contributed by atoms with Crippen molar-refractivity contribution in [3.63, 3.8) is 0 Å². The van der Waals surface area contributed by atoms with E-state index in [1.54, 1.807) is 6.20 Å². The van der Waals surface area contributed by atoms with Gasteiger partial charge in [0, 0.05) is 19.4 Å². The lowest BCUT2D eigenvalue weighted by molar-refractivity contribution is -0.137. The summed E-state index contributed by atoms with van der Waals surface area (Å²) in [5.41, 5.74) is 2.14. The van der Waals surface area contributed by atoms with Crippen molar-refractivity contribution in [3.8, 4) is 0 Å². The second kappa shape index (κ2) is 5.04. The average molecular weight is 244 g/mol. The first kappa shape index (κ1) is 12.4.